The summed E-state index contributed by atoms with van der Waals surface area (Å²) >= 11 is 0. The maximum atomic E-state index is 13.4. The third kappa shape index (κ3) is 3.70. The number of hydrogen-bond donors (Lipinski definition) is 1. The van der Waals surface area contributed by atoms with Gasteiger partial charge in [0.25, 0.3) is 0 Å². The second-order valence-corrected chi connectivity index (χ2v) is 5.63. The number of rotatable bonds is 5. The number of likely N-dealkylation sites (tertiary alicyclic amines) is 1. The molecule has 2 atom stereocenters. The molecule has 112 valence electrons. The van der Waals surface area contributed by atoms with E-state index in [9.17, 15) is 4.39 Å². The Bertz CT molecular complexity index is 438. The smallest absolute Gasteiger partial charge is 0.124 e. The van der Waals surface area contributed by atoms with Gasteiger partial charge in [0.2, 0.25) is 0 Å². The van der Waals surface area contributed by atoms with Crippen LogP contribution >= 0.6 is 0 Å². The van der Waals surface area contributed by atoms with E-state index in [2.05, 4.69) is 17.3 Å². The van der Waals surface area contributed by atoms with Gasteiger partial charge >= 0.3 is 0 Å². The lowest BCUT2D eigenvalue weighted by Gasteiger charge is -2.32. The zero-order chi connectivity index (χ0) is 14.5. The molecule has 1 aliphatic heterocycles. The number of hydrogen-bond acceptors (Lipinski definition) is 3. The fraction of sp³-hybridized carbons (Fsp3) is 0.625. The number of nitrogens with zero attached hydrogens (tertiary/aromatic N) is 1. The lowest BCUT2D eigenvalue weighted by molar-refractivity contribution is 0.124. The predicted molar refractivity (Wildman–Crippen MR) is 79.6 cm³/mol. The third-order valence-electron chi connectivity index (χ3n) is 4.22. The van der Waals surface area contributed by atoms with Crippen molar-refractivity contribution < 1.29 is 9.13 Å². The summed E-state index contributed by atoms with van der Waals surface area (Å²) < 4.78 is 19.4. The molecule has 1 aliphatic rings. The minimum Gasteiger partial charge on any atom is -0.492 e. The van der Waals surface area contributed by atoms with Crippen LogP contribution in [0.25, 0.3) is 0 Å². The van der Waals surface area contributed by atoms with Crippen LogP contribution < -0.4 is 10.1 Å². The Morgan fingerprint density at radius 2 is 2.25 bits per heavy atom. The summed E-state index contributed by atoms with van der Waals surface area (Å²) in [5.74, 6) is 0.566. The van der Waals surface area contributed by atoms with E-state index in [-0.39, 0.29) is 11.9 Å². The van der Waals surface area contributed by atoms with Crippen molar-refractivity contribution in [1.82, 2.24) is 10.2 Å². The van der Waals surface area contributed by atoms with Crippen molar-refractivity contribution in [2.75, 3.05) is 27.2 Å². The van der Waals surface area contributed by atoms with Gasteiger partial charge in [-0.3, -0.25) is 0 Å². The Balaban J connectivity index is 2.04. The van der Waals surface area contributed by atoms with Crippen LogP contribution in [0.4, 0.5) is 4.39 Å². The van der Waals surface area contributed by atoms with Crippen LogP contribution in [0.3, 0.4) is 0 Å². The fourth-order valence-corrected chi connectivity index (χ4v) is 2.69. The number of nitrogens with one attached hydrogen (secondary N) is 1. The van der Waals surface area contributed by atoms with Gasteiger partial charge in [0, 0.05) is 17.6 Å². The van der Waals surface area contributed by atoms with E-state index in [0.717, 1.165) is 17.9 Å². The van der Waals surface area contributed by atoms with E-state index in [1.54, 1.807) is 12.1 Å². The molecule has 1 heterocycles. The van der Waals surface area contributed by atoms with Crippen LogP contribution in [0, 0.1) is 5.82 Å². The van der Waals surface area contributed by atoms with Gasteiger partial charge in [-0.15, -0.1) is 0 Å². The molecule has 1 fully saturated rings. The quantitative estimate of drug-likeness (QED) is 0.897. The largest absolute Gasteiger partial charge is 0.492 e. The topological polar surface area (TPSA) is 24.5 Å². The van der Waals surface area contributed by atoms with Gasteiger partial charge in [-0.1, -0.05) is 6.42 Å². The summed E-state index contributed by atoms with van der Waals surface area (Å²) in [5.41, 5.74) is 0.881. The Morgan fingerprint density at radius 3 is 2.95 bits per heavy atom. The zero-order valence-corrected chi connectivity index (χ0v) is 12.7. The first-order chi connectivity index (χ1) is 9.61. The van der Waals surface area contributed by atoms with Crippen LogP contribution in [0.15, 0.2) is 18.2 Å². The molecule has 1 aromatic carbocycles. The molecule has 20 heavy (non-hydrogen) atoms. The first-order valence-corrected chi connectivity index (χ1v) is 7.41. The van der Waals surface area contributed by atoms with Gasteiger partial charge < -0.3 is 15.0 Å². The van der Waals surface area contributed by atoms with E-state index in [1.807, 2.05) is 14.0 Å². The molecule has 4 heteroatoms. The summed E-state index contributed by atoms with van der Waals surface area (Å²) in [4.78, 5) is 2.36. The maximum Gasteiger partial charge on any atom is 0.124 e. The number of benzene rings is 1. The molecule has 1 N–H and O–H groups in total. The van der Waals surface area contributed by atoms with Gasteiger partial charge in [0.15, 0.2) is 0 Å². The van der Waals surface area contributed by atoms with Crippen molar-refractivity contribution in [3.05, 3.63) is 29.6 Å². The highest BCUT2D eigenvalue weighted by Crippen LogP contribution is 2.27. The Hall–Kier alpha value is -1.13. The first-order valence-electron chi connectivity index (χ1n) is 7.41. The summed E-state index contributed by atoms with van der Waals surface area (Å²) in [7, 11) is 4.02. The molecule has 1 saturated heterocycles. The highest BCUT2D eigenvalue weighted by molar-refractivity contribution is 5.36. The van der Waals surface area contributed by atoms with Crippen molar-refractivity contribution in [3.8, 4) is 5.75 Å². The van der Waals surface area contributed by atoms with Crippen molar-refractivity contribution in [3.63, 3.8) is 0 Å². The maximum absolute atomic E-state index is 13.4. The normalized spacial score (nSPS) is 21.7. The molecule has 0 aliphatic carbocycles. The van der Waals surface area contributed by atoms with Gasteiger partial charge in [-0.25, -0.2) is 4.39 Å². The minimum absolute atomic E-state index is 0.0739. The van der Waals surface area contributed by atoms with Crippen LogP contribution in [0.2, 0.25) is 0 Å². The molecule has 2 rings (SSSR count). The Morgan fingerprint density at radius 1 is 1.45 bits per heavy atom. The van der Waals surface area contributed by atoms with Crippen LogP contribution in [-0.4, -0.2) is 38.2 Å². The molecule has 3 nitrogen and oxygen atoms in total. The van der Waals surface area contributed by atoms with Crippen molar-refractivity contribution in [2.24, 2.45) is 0 Å². The van der Waals surface area contributed by atoms with Crippen LogP contribution in [0.1, 0.15) is 37.8 Å². The van der Waals surface area contributed by atoms with Crippen LogP contribution in [0.5, 0.6) is 5.75 Å². The number of halogens is 1. The zero-order valence-electron chi connectivity index (χ0n) is 12.7. The number of likely N-dealkylation sites (N-methyl/N-ethyl adjacent to an activating group) is 1. The lowest BCUT2D eigenvalue weighted by Crippen LogP contribution is -2.40. The summed E-state index contributed by atoms with van der Waals surface area (Å²) in [6, 6.07) is 5.30. The van der Waals surface area contributed by atoms with Gasteiger partial charge in [-0.05, 0) is 58.6 Å². The molecular formula is C16H25FN2O. The van der Waals surface area contributed by atoms with Gasteiger partial charge in [-0.2, -0.15) is 0 Å². The number of ether oxygens (including phenoxy) is 1. The van der Waals surface area contributed by atoms with Gasteiger partial charge in [0.05, 0.1) is 0 Å². The second-order valence-electron chi connectivity index (χ2n) is 5.63. The van der Waals surface area contributed by atoms with Crippen molar-refractivity contribution in [2.45, 2.75) is 38.3 Å². The average molecular weight is 280 g/mol. The fourth-order valence-electron chi connectivity index (χ4n) is 2.69. The molecule has 0 saturated carbocycles. The Labute approximate surface area is 121 Å². The minimum atomic E-state index is -0.218. The van der Waals surface area contributed by atoms with E-state index in [4.69, 9.17) is 4.74 Å². The molecule has 0 bridgehead atoms. The highest BCUT2D eigenvalue weighted by Gasteiger charge is 2.20. The summed E-state index contributed by atoms with van der Waals surface area (Å²) in [6.45, 7) is 3.82. The third-order valence-corrected chi connectivity index (χ3v) is 4.22. The highest BCUT2D eigenvalue weighted by atomic mass is 19.1. The van der Waals surface area contributed by atoms with E-state index >= 15 is 0 Å². The molecule has 2 unspecified atom stereocenters. The van der Waals surface area contributed by atoms with E-state index < -0.39 is 0 Å². The molecular weight excluding hydrogens is 255 g/mol. The van der Waals surface area contributed by atoms with E-state index in [0.29, 0.717) is 12.6 Å². The van der Waals surface area contributed by atoms with Crippen molar-refractivity contribution in [1.29, 1.82) is 0 Å². The first kappa shape index (κ1) is 15.3. The molecule has 0 amide bonds. The van der Waals surface area contributed by atoms with Crippen molar-refractivity contribution >= 4 is 0 Å². The van der Waals surface area contributed by atoms with E-state index in [1.165, 1.54) is 25.3 Å². The summed E-state index contributed by atoms with van der Waals surface area (Å²) in [5, 5.41) is 3.14. The summed E-state index contributed by atoms with van der Waals surface area (Å²) in [6.07, 6.45) is 3.71. The molecule has 0 aromatic heterocycles. The average Bonchev–Trinajstić information content (AvgIpc) is 2.46. The SMILES string of the molecule is CNC(C)c1cc(F)ccc1OCC1CCCCN1C. The standard InChI is InChI=1S/C16H25FN2O/c1-12(18-2)15-10-13(17)7-8-16(15)20-11-14-6-4-5-9-19(14)3/h7-8,10,12,14,18H,4-6,9,11H2,1-3H3. The molecule has 0 radical (unpaired) electrons. The second kappa shape index (κ2) is 7.04. The Kier molecular flexibility index (Phi) is 5.38. The molecule has 0 spiro atoms. The molecule has 1 aromatic rings. The van der Waals surface area contributed by atoms with Crippen LogP contribution in [-0.2, 0) is 0 Å². The van der Waals surface area contributed by atoms with Gasteiger partial charge in [0.1, 0.15) is 18.2 Å². The predicted octanol–water partition coefficient (Wildman–Crippen LogP) is 2.97. The monoisotopic (exact) mass is 280 g/mol. The lowest BCUT2D eigenvalue weighted by atomic mass is 10.0. The number of piperidine rings is 1.